The van der Waals surface area contributed by atoms with Gasteiger partial charge in [-0.05, 0) is 25.5 Å². The third-order valence-corrected chi connectivity index (χ3v) is 3.12. The molecule has 0 saturated carbocycles. The molecule has 0 N–H and O–H groups in total. The minimum atomic E-state index is -0.750. The van der Waals surface area contributed by atoms with Crippen LogP contribution in [0.2, 0.25) is 0 Å². The number of benzene rings is 1. The molecule has 0 bridgehead atoms. The van der Waals surface area contributed by atoms with Crippen LogP contribution in [0.3, 0.4) is 0 Å². The second kappa shape index (κ2) is 6.72. The van der Waals surface area contributed by atoms with Crippen molar-refractivity contribution in [3.05, 3.63) is 57.4 Å². The molecule has 0 fully saturated rings. The van der Waals surface area contributed by atoms with Crippen molar-refractivity contribution in [3.8, 4) is 17.4 Å². The van der Waals surface area contributed by atoms with Crippen molar-refractivity contribution in [2.45, 2.75) is 20.3 Å². The van der Waals surface area contributed by atoms with E-state index in [9.17, 15) is 9.59 Å². The summed E-state index contributed by atoms with van der Waals surface area (Å²) in [4.78, 5) is 23.6. The Morgan fingerprint density at radius 3 is 2.59 bits per heavy atom. The molecule has 0 atom stereocenters. The van der Waals surface area contributed by atoms with Crippen molar-refractivity contribution in [1.29, 1.82) is 5.26 Å². The number of ether oxygens (including phenoxy) is 1. The lowest BCUT2D eigenvalue weighted by molar-refractivity contribution is -0.142. The summed E-state index contributed by atoms with van der Waals surface area (Å²) < 4.78 is 10.0. The number of esters is 1. The number of hydrogen-bond acceptors (Lipinski definition) is 5. The summed E-state index contributed by atoms with van der Waals surface area (Å²) in [7, 11) is 0. The third kappa shape index (κ3) is 3.41. The number of hydrogen-bond donors (Lipinski definition) is 0. The maximum Gasteiger partial charge on any atom is 0.354 e. The molecule has 0 amide bonds. The second-order valence-electron chi connectivity index (χ2n) is 4.76. The Bertz CT molecular complexity index is 782. The number of nitriles is 1. The summed E-state index contributed by atoms with van der Waals surface area (Å²) in [6.07, 6.45) is -0.138. The fourth-order valence-electron chi connectivity index (χ4n) is 2.03. The molecule has 0 spiro atoms. The van der Waals surface area contributed by atoms with Gasteiger partial charge in [-0.1, -0.05) is 29.8 Å². The predicted molar refractivity (Wildman–Crippen MR) is 80.2 cm³/mol. The number of carbonyl (C=O) groups excluding carboxylic acids is 1. The Balaban J connectivity index is 2.48. The van der Waals surface area contributed by atoms with E-state index in [1.807, 2.05) is 31.2 Å². The highest BCUT2D eigenvalue weighted by molar-refractivity contribution is 5.74. The molecule has 22 heavy (non-hydrogen) atoms. The number of aryl methyl sites for hydroxylation is 1. The lowest BCUT2D eigenvalue weighted by atomic mass is 10.0. The van der Waals surface area contributed by atoms with Crippen molar-refractivity contribution in [3.63, 3.8) is 0 Å². The van der Waals surface area contributed by atoms with Gasteiger partial charge in [0.15, 0.2) is 0 Å². The van der Waals surface area contributed by atoms with E-state index in [0.29, 0.717) is 16.9 Å². The zero-order valence-corrected chi connectivity index (χ0v) is 12.4. The first-order chi connectivity index (χ1) is 10.5. The van der Waals surface area contributed by atoms with Gasteiger partial charge in [0.1, 0.15) is 17.4 Å². The van der Waals surface area contributed by atoms with Gasteiger partial charge < -0.3 is 9.15 Å². The zero-order valence-electron chi connectivity index (χ0n) is 12.4. The summed E-state index contributed by atoms with van der Waals surface area (Å²) in [6, 6.07) is 10.7. The highest BCUT2D eigenvalue weighted by atomic mass is 16.5. The van der Waals surface area contributed by atoms with Crippen LogP contribution >= 0.6 is 0 Å². The van der Waals surface area contributed by atoms with E-state index in [2.05, 4.69) is 0 Å². The Kier molecular flexibility index (Phi) is 4.74. The van der Waals surface area contributed by atoms with Gasteiger partial charge in [0, 0.05) is 5.56 Å². The number of rotatable bonds is 4. The van der Waals surface area contributed by atoms with Gasteiger partial charge in [-0.15, -0.1) is 0 Å². The van der Waals surface area contributed by atoms with E-state index in [-0.39, 0.29) is 18.6 Å². The van der Waals surface area contributed by atoms with Crippen molar-refractivity contribution >= 4 is 5.97 Å². The summed E-state index contributed by atoms with van der Waals surface area (Å²) >= 11 is 0. The molecule has 5 nitrogen and oxygen atoms in total. The van der Waals surface area contributed by atoms with Crippen LogP contribution in [0.25, 0.3) is 11.3 Å². The van der Waals surface area contributed by atoms with E-state index >= 15 is 0 Å². The lowest BCUT2D eigenvalue weighted by Gasteiger charge is -2.06. The number of carbonyl (C=O) groups is 1. The van der Waals surface area contributed by atoms with Crippen molar-refractivity contribution < 1.29 is 13.9 Å². The maximum absolute atomic E-state index is 11.9. The largest absolute Gasteiger partial charge is 0.466 e. The van der Waals surface area contributed by atoms with Crippen molar-refractivity contribution in [2.75, 3.05) is 6.61 Å². The molecule has 0 aliphatic heterocycles. The molecule has 0 aliphatic rings. The van der Waals surface area contributed by atoms with Gasteiger partial charge in [-0.2, -0.15) is 5.26 Å². The Morgan fingerprint density at radius 2 is 2.00 bits per heavy atom. The molecule has 0 saturated heterocycles. The van der Waals surface area contributed by atoms with Crippen LogP contribution in [0.15, 0.2) is 39.5 Å². The Hall–Kier alpha value is -2.87. The monoisotopic (exact) mass is 297 g/mol. The van der Waals surface area contributed by atoms with Gasteiger partial charge in [0.2, 0.25) is 0 Å². The second-order valence-corrected chi connectivity index (χ2v) is 4.76. The third-order valence-electron chi connectivity index (χ3n) is 3.12. The standard InChI is InChI=1S/C17H15NO4/c1-3-21-16(19)9-13-8-15(22-17(20)14(13)10-18)12-6-4-11(2)5-7-12/h4-8H,3,9H2,1-2H3. The predicted octanol–water partition coefficient (Wildman–Crippen LogP) is 2.59. The minimum absolute atomic E-state index is 0.138. The molecule has 0 unspecified atom stereocenters. The summed E-state index contributed by atoms with van der Waals surface area (Å²) in [5.41, 5.74) is 1.18. The molecule has 112 valence electrons. The molecule has 2 rings (SSSR count). The molecule has 0 radical (unpaired) electrons. The molecule has 1 aromatic heterocycles. The van der Waals surface area contributed by atoms with E-state index in [1.54, 1.807) is 19.1 Å². The van der Waals surface area contributed by atoms with Crippen LogP contribution < -0.4 is 5.63 Å². The average Bonchev–Trinajstić information content (AvgIpc) is 2.48. The minimum Gasteiger partial charge on any atom is -0.466 e. The SMILES string of the molecule is CCOC(=O)Cc1cc(-c2ccc(C)cc2)oc(=O)c1C#N. The van der Waals surface area contributed by atoms with E-state index in [4.69, 9.17) is 14.4 Å². The van der Waals surface area contributed by atoms with Gasteiger partial charge in [-0.3, -0.25) is 4.79 Å². The fourth-order valence-corrected chi connectivity index (χ4v) is 2.03. The van der Waals surface area contributed by atoms with Crippen molar-refractivity contribution in [2.24, 2.45) is 0 Å². The highest BCUT2D eigenvalue weighted by Gasteiger charge is 2.16. The summed E-state index contributed by atoms with van der Waals surface area (Å²) in [6.45, 7) is 3.89. The van der Waals surface area contributed by atoms with Gasteiger partial charge in [0.25, 0.3) is 0 Å². The fraction of sp³-hybridized carbons (Fsp3) is 0.235. The molecule has 1 aromatic carbocycles. The van der Waals surface area contributed by atoms with Crippen LogP contribution in [-0.2, 0) is 16.0 Å². The zero-order chi connectivity index (χ0) is 16.1. The molecule has 2 aromatic rings. The molecule has 0 aliphatic carbocycles. The Morgan fingerprint density at radius 1 is 1.32 bits per heavy atom. The topological polar surface area (TPSA) is 80.3 Å². The molecular formula is C17H15NO4. The van der Waals surface area contributed by atoms with Gasteiger partial charge in [0.05, 0.1) is 13.0 Å². The quantitative estimate of drug-likeness (QED) is 0.810. The van der Waals surface area contributed by atoms with Crippen LogP contribution in [0.1, 0.15) is 23.6 Å². The van der Waals surface area contributed by atoms with Crippen LogP contribution in [0.5, 0.6) is 0 Å². The molecular weight excluding hydrogens is 282 g/mol. The van der Waals surface area contributed by atoms with E-state index < -0.39 is 11.6 Å². The maximum atomic E-state index is 11.9. The van der Waals surface area contributed by atoms with Crippen LogP contribution in [0.4, 0.5) is 0 Å². The Labute approximate surface area is 127 Å². The average molecular weight is 297 g/mol. The van der Waals surface area contributed by atoms with Crippen LogP contribution in [-0.4, -0.2) is 12.6 Å². The first-order valence-corrected chi connectivity index (χ1v) is 6.85. The smallest absolute Gasteiger partial charge is 0.354 e. The van der Waals surface area contributed by atoms with E-state index in [0.717, 1.165) is 5.56 Å². The highest BCUT2D eigenvalue weighted by Crippen LogP contribution is 2.21. The first kappa shape index (κ1) is 15.5. The van der Waals surface area contributed by atoms with Crippen LogP contribution in [0, 0.1) is 18.3 Å². The summed E-state index contributed by atoms with van der Waals surface area (Å²) in [5, 5.41) is 9.08. The molecule has 1 heterocycles. The van der Waals surface area contributed by atoms with Gasteiger partial charge in [-0.25, -0.2) is 4.79 Å². The first-order valence-electron chi connectivity index (χ1n) is 6.85. The lowest BCUT2D eigenvalue weighted by Crippen LogP contribution is -2.14. The van der Waals surface area contributed by atoms with E-state index in [1.165, 1.54) is 0 Å². The normalized spacial score (nSPS) is 10.0. The summed E-state index contributed by atoms with van der Waals surface area (Å²) in [5.74, 6) is -0.164. The molecule has 5 heteroatoms. The number of nitrogens with zero attached hydrogens (tertiary/aromatic N) is 1. The van der Waals surface area contributed by atoms with Gasteiger partial charge >= 0.3 is 11.6 Å². The van der Waals surface area contributed by atoms with Crippen molar-refractivity contribution in [1.82, 2.24) is 0 Å².